The van der Waals surface area contributed by atoms with Crippen LogP contribution in [0.15, 0.2) is 40.2 Å². The van der Waals surface area contributed by atoms with E-state index in [1.807, 2.05) is 24.5 Å². The fourth-order valence-electron chi connectivity index (χ4n) is 2.21. The molecule has 0 aliphatic carbocycles. The largest absolute Gasteiger partial charge is 0.312 e. The van der Waals surface area contributed by atoms with Crippen LogP contribution >= 0.6 is 38.6 Å². The van der Waals surface area contributed by atoms with Gasteiger partial charge in [0, 0.05) is 24.8 Å². The lowest BCUT2D eigenvalue weighted by Crippen LogP contribution is -2.17. The Morgan fingerprint density at radius 2 is 2.10 bits per heavy atom. The number of nitrogens with one attached hydrogen (secondary N) is 1. The van der Waals surface area contributed by atoms with Crippen molar-refractivity contribution in [2.75, 3.05) is 7.05 Å². The van der Waals surface area contributed by atoms with Gasteiger partial charge in [-0.2, -0.15) is 0 Å². The van der Waals surface area contributed by atoms with Crippen molar-refractivity contribution >= 4 is 48.0 Å². The zero-order valence-corrected chi connectivity index (χ0v) is 14.0. The second kappa shape index (κ2) is 5.93. The molecule has 3 aromatic rings. The van der Waals surface area contributed by atoms with Crippen LogP contribution in [0.1, 0.15) is 16.5 Å². The van der Waals surface area contributed by atoms with E-state index in [9.17, 15) is 4.39 Å². The third-order valence-corrected chi connectivity index (χ3v) is 6.23. The van der Waals surface area contributed by atoms with Gasteiger partial charge in [0.15, 0.2) is 0 Å². The van der Waals surface area contributed by atoms with Crippen molar-refractivity contribution in [3.8, 4) is 0 Å². The summed E-state index contributed by atoms with van der Waals surface area (Å²) in [5.41, 5.74) is 1.11. The first-order valence-corrected chi connectivity index (χ1v) is 8.74. The van der Waals surface area contributed by atoms with Crippen molar-refractivity contribution in [1.29, 1.82) is 0 Å². The molecule has 2 aromatic heterocycles. The summed E-state index contributed by atoms with van der Waals surface area (Å²) in [5, 5.41) is 5.48. The number of hydrogen-bond donors (Lipinski definition) is 1. The Kier molecular flexibility index (Phi) is 4.21. The summed E-state index contributed by atoms with van der Waals surface area (Å²) >= 11 is 7.04. The van der Waals surface area contributed by atoms with Crippen LogP contribution in [0.4, 0.5) is 4.39 Å². The van der Waals surface area contributed by atoms with Gasteiger partial charge in [-0.3, -0.25) is 0 Å². The lowest BCUT2D eigenvalue weighted by Gasteiger charge is -2.15. The molecule has 0 spiro atoms. The normalized spacial score (nSPS) is 12.9. The molecule has 3 rings (SSSR count). The van der Waals surface area contributed by atoms with Crippen LogP contribution in [0.2, 0.25) is 0 Å². The minimum atomic E-state index is -0.210. The standard InChI is InChI=1S/C15H13BrFNS2/c1-18-12(6-9-2-3-10(17)7-11(9)16)14-8-15-13(20-14)4-5-19-15/h2-5,7-8,12,18H,6H2,1H3. The molecule has 1 nitrogen and oxygen atoms in total. The molecule has 1 aromatic carbocycles. The molecule has 5 heteroatoms. The summed E-state index contributed by atoms with van der Waals surface area (Å²) in [7, 11) is 1.97. The number of fused-ring (bicyclic) bond motifs is 1. The molecule has 1 N–H and O–H groups in total. The van der Waals surface area contributed by atoms with Crippen LogP contribution in [0.5, 0.6) is 0 Å². The zero-order chi connectivity index (χ0) is 14.1. The molecule has 1 atom stereocenters. The number of halogens is 2. The van der Waals surface area contributed by atoms with Gasteiger partial charge in [0.25, 0.3) is 0 Å². The Bertz CT molecular complexity index is 706. The Balaban J connectivity index is 1.88. The van der Waals surface area contributed by atoms with E-state index < -0.39 is 0 Å². The minimum absolute atomic E-state index is 0.210. The van der Waals surface area contributed by atoms with Crippen LogP contribution in [0.3, 0.4) is 0 Å². The quantitative estimate of drug-likeness (QED) is 0.651. The molecule has 0 radical (unpaired) electrons. The highest BCUT2D eigenvalue weighted by Crippen LogP contribution is 2.35. The van der Waals surface area contributed by atoms with Crippen molar-refractivity contribution in [1.82, 2.24) is 5.32 Å². The Morgan fingerprint density at radius 1 is 1.25 bits per heavy atom. The molecule has 1 unspecified atom stereocenters. The maximum Gasteiger partial charge on any atom is 0.124 e. The Morgan fingerprint density at radius 3 is 2.80 bits per heavy atom. The van der Waals surface area contributed by atoms with E-state index in [2.05, 4.69) is 38.8 Å². The van der Waals surface area contributed by atoms with Crippen molar-refractivity contribution in [2.45, 2.75) is 12.5 Å². The molecule has 20 heavy (non-hydrogen) atoms. The number of rotatable bonds is 4. The third kappa shape index (κ3) is 2.81. The van der Waals surface area contributed by atoms with E-state index in [0.29, 0.717) is 0 Å². The van der Waals surface area contributed by atoms with Gasteiger partial charge < -0.3 is 5.32 Å². The number of hydrogen-bond acceptors (Lipinski definition) is 3. The summed E-state index contributed by atoms with van der Waals surface area (Å²) in [4.78, 5) is 1.32. The summed E-state index contributed by atoms with van der Waals surface area (Å²) in [5.74, 6) is -0.210. The van der Waals surface area contributed by atoms with E-state index in [1.54, 1.807) is 11.3 Å². The average molecular weight is 370 g/mol. The van der Waals surface area contributed by atoms with Crippen LogP contribution in [0, 0.1) is 5.82 Å². The smallest absolute Gasteiger partial charge is 0.124 e. The van der Waals surface area contributed by atoms with Gasteiger partial charge in [0.2, 0.25) is 0 Å². The molecule has 0 bridgehead atoms. The zero-order valence-electron chi connectivity index (χ0n) is 10.8. The molecule has 0 saturated heterocycles. The van der Waals surface area contributed by atoms with E-state index >= 15 is 0 Å². The number of thiophene rings is 2. The van der Waals surface area contributed by atoms with Crippen molar-refractivity contribution in [2.24, 2.45) is 0 Å². The predicted octanol–water partition coefficient (Wildman–Crippen LogP) is 5.37. The first-order valence-electron chi connectivity index (χ1n) is 6.25. The van der Waals surface area contributed by atoms with Crippen LogP contribution in [-0.4, -0.2) is 7.05 Å². The Hall–Kier alpha value is -0.750. The molecule has 0 amide bonds. The van der Waals surface area contributed by atoms with E-state index in [1.165, 1.54) is 26.4 Å². The predicted molar refractivity (Wildman–Crippen MR) is 89.3 cm³/mol. The fraction of sp³-hybridized carbons (Fsp3) is 0.200. The van der Waals surface area contributed by atoms with E-state index in [0.717, 1.165) is 16.5 Å². The van der Waals surface area contributed by atoms with Gasteiger partial charge >= 0.3 is 0 Å². The van der Waals surface area contributed by atoms with Gasteiger partial charge in [-0.1, -0.05) is 22.0 Å². The molecule has 0 aliphatic heterocycles. The van der Waals surface area contributed by atoms with Gasteiger partial charge in [0.05, 0.1) is 0 Å². The fourth-order valence-corrected chi connectivity index (χ4v) is 4.95. The lowest BCUT2D eigenvalue weighted by atomic mass is 10.0. The molecule has 2 heterocycles. The van der Waals surface area contributed by atoms with Crippen LogP contribution < -0.4 is 5.32 Å². The minimum Gasteiger partial charge on any atom is -0.312 e. The lowest BCUT2D eigenvalue weighted by molar-refractivity contribution is 0.596. The van der Waals surface area contributed by atoms with Crippen LogP contribution in [0.25, 0.3) is 9.40 Å². The molecule has 0 fully saturated rings. The highest BCUT2D eigenvalue weighted by Gasteiger charge is 2.15. The average Bonchev–Trinajstić information content (AvgIpc) is 2.98. The van der Waals surface area contributed by atoms with Gasteiger partial charge in [-0.05, 0) is 48.7 Å². The third-order valence-electron chi connectivity index (χ3n) is 3.29. The molecule has 104 valence electrons. The molecular formula is C15H13BrFNS2. The second-order valence-electron chi connectivity index (χ2n) is 4.58. The second-order valence-corrected chi connectivity index (χ2v) is 7.50. The van der Waals surface area contributed by atoms with Crippen LogP contribution in [-0.2, 0) is 6.42 Å². The van der Waals surface area contributed by atoms with Gasteiger partial charge in [0.1, 0.15) is 5.82 Å². The maximum absolute atomic E-state index is 13.1. The Labute approximate surface area is 133 Å². The van der Waals surface area contributed by atoms with Crippen molar-refractivity contribution < 1.29 is 4.39 Å². The first kappa shape index (κ1) is 14.2. The molecular weight excluding hydrogens is 357 g/mol. The van der Waals surface area contributed by atoms with Gasteiger partial charge in [-0.25, -0.2) is 4.39 Å². The monoisotopic (exact) mass is 369 g/mol. The molecule has 0 aliphatic rings. The number of likely N-dealkylation sites (N-methyl/N-ethyl adjacent to an activating group) is 1. The summed E-state index contributed by atoms with van der Waals surface area (Å²) in [6.07, 6.45) is 0.838. The maximum atomic E-state index is 13.1. The SMILES string of the molecule is CNC(Cc1ccc(F)cc1Br)c1cc2sccc2s1. The first-order chi connectivity index (χ1) is 9.67. The highest BCUT2D eigenvalue weighted by atomic mass is 79.9. The number of benzene rings is 1. The highest BCUT2D eigenvalue weighted by molar-refractivity contribution is 9.10. The summed E-state index contributed by atoms with van der Waals surface area (Å²) in [6.45, 7) is 0. The molecule has 0 saturated carbocycles. The summed E-state index contributed by atoms with van der Waals surface area (Å²) in [6, 6.07) is 9.55. The van der Waals surface area contributed by atoms with Crippen molar-refractivity contribution in [3.05, 3.63) is 56.4 Å². The van der Waals surface area contributed by atoms with Gasteiger partial charge in [-0.15, -0.1) is 22.7 Å². The van der Waals surface area contributed by atoms with E-state index in [4.69, 9.17) is 0 Å². The summed E-state index contributed by atoms with van der Waals surface area (Å²) < 4.78 is 16.6. The topological polar surface area (TPSA) is 12.0 Å². The van der Waals surface area contributed by atoms with E-state index in [-0.39, 0.29) is 11.9 Å². The van der Waals surface area contributed by atoms with Crippen molar-refractivity contribution in [3.63, 3.8) is 0 Å².